The van der Waals surface area contributed by atoms with Gasteiger partial charge in [-0.05, 0) is 27.7 Å². The van der Waals surface area contributed by atoms with Gasteiger partial charge in [0.25, 0.3) is 0 Å². The summed E-state index contributed by atoms with van der Waals surface area (Å²) in [5.74, 6) is -0.454. The van der Waals surface area contributed by atoms with Gasteiger partial charge in [-0.3, -0.25) is 20.1 Å². The molecule has 0 radical (unpaired) electrons. The Morgan fingerprint density at radius 3 is 2.44 bits per heavy atom. The van der Waals surface area contributed by atoms with Crippen LogP contribution in [0.2, 0.25) is 0 Å². The number of amides is 1. The van der Waals surface area contributed by atoms with E-state index in [1.54, 1.807) is 19.3 Å². The first-order chi connectivity index (χ1) is 7.38. The van der Waals surface area contributed by atoms with Crippen molar-refractivity contribution in [1.29, 1.82) is 0 Å². The van der Waals surface area contributed by atoms with E-state index in [1.807, 2.05) is 20.8 Å². The molecule has 0 spiro atoms. The van der Waals surface area contributed by atoms with Crippen LogP contribution in [0.3, 0.4) is 0 Å². The molecule has 1 aromatic rings. The maximum atomic E-state index is 11.6. The van der Waals surface area contributed by atoms with Crippen molar-refractivity contribution in [2.45, 2.75) is 39.3 Å². The Kier molecular flexibility index (Phi) is 3.59. The highest BCUT2D eigenvalue weighted by atomic mass is 16.1. The third kappa shape index (κ3) is 2.36. The molecule has 0 aliphatic heterocycles. The number of nitrogens with zero attached hydrogens (tertiary/aromatic N) is 2. The van der Waals surface area contributed by atoms with Gasteiger partial charge in [-0.15, -0.1) is 0 Å². The number of primary amides is 1. The molecular weight excluding hydrogens is 204 g/mol. The van der Waals surface area contributed by atoms with Gasteiger partial charge in [0.1, 0.15) is 5.54 Å². The minimum Gasteiger partial charge on any atom is -0.368 e. The van der Waals surface area contributed by atoms with Gasteiger partial charge in [-0.2, -0.15) is 0 Å². The zero-order valence-corrected chi connectivity index (χ0v) is 10.1. The summed E-state index contributed by atoms with van der Waals surface area (Å²) in [7, 11) is 0. The number of hydrogen-bond donors (Lipinski definition) is 2. The van der Waals surface area contributed by atoms with Gasteiger partial charge in [-0.1, -0.05) is 0 Å². The SMILES string of the molecule is Cc1nccnc1C(C)(NC(C)C)C(N)=O. The van der Waals surface area contributed by atoms with Crippen LogP contribution in [0.15, 0.2) is 12.4 Å². The second kappa shape index (κ2) is 4.57. The van der Waals surface area contributed by atoms with Gasteiger partial charge in [-0.25, -0.2) is 0 Å². The lowest BCUT2D eigenvalue weighted by atomic mass is 9.94. The monoisotopic (exact) mass is 222 g/mol. The second-order valence-corrected chi connectivity index (χ2v) is 4.28. The topological polar surface area (TPSA) is 80.9 Å². The van der Waals surface area contributed by atoms with E-state index in [0.29, 0.717) is 11.4 Å². The molecule has 0 aliphatic carbocycles. The van der Waals surface area contributed by atoms with Gasteiger partial charge in [0, 0.05) is 18.4 Å². The van der Waals surface area contributed by atoms with Crippen molar-refractivity contribution in [3.8, 4) is 0 Å². The highest BCUT2D eigenvalue weighted by molar-refractivity contribution is 5.85. The number of carbonyl (C=O) groups is 1. The van der Waals surface area contributed by atoms with Crippen molar-refractivity contribution in [2.24, 2.45) is 5.73 Å². The quantitative estimate of drug-likeness (QED) is 0.776. The van der Waals surface area contributed by atoms with Gasteiger partial charge in [0.15, 0.2) is 0 Å². The number of aryl methyl sites for hydroxylation is 1. The first-order valence-electron chi connectivity index (χ1n) is 5.23. The molecule has 5 heteroatoms. The van der Waals surface area contributed by atoms with Crippen molar-refractivity contribution >= 4 is 5.91 Å². The number of aromatic nitrogens is 2. The van der Waals surface area contributed by atoms with Crippen molar-refractivity contribution in [2.75, 3.05) is 0 Å². The Morgan fingerprint density at radius 1 is 1.44 bits per heavy atom. The number of carbonyl (C=O) groups excluding carboxylic acids is 1. The fourth-order valence-electron chi connectivity index (χ4n) is 1.73. The van der Waals surface area contributed by atoms with E-state index < -0.39 is 11.4 Å². The number of nitrogens with one attached hydrogen (secondary N) is 1. The summed E-state index contributed by atoms with van der Waals surface area (Å²) in [4.78, 5) is 19.9. The van der Waals surface area contributed by atoms with E-state index in [0.717, 1.165) is 0 Å². The number of nitrogens with two attached hydrogens (primary N) is 1. The van der Waals surface area contributed by atoms with Crippen molar-refractivity contribution in [3.63, 3.8) is 0 Å². The molecule has 16 heavy (non-hydrogen) atoms. The molecule has 0 saturated carbocycles. The summed E-state index contributed by atoms with van der Waals surface area (Å²) in [5.41, 5.74) is 5.76. The van der Waals surface area contributed by atoms with Crippen LogP contribution in [0.1, 0.15) is 32.2 Å². The Bertz CT molecular complexity index is 391. The normalized spacial score (nSPS) is 14.8. The molecule has 1 rings (SSSR count). The van der Waals surface area contributed by atoms with Crippen molar-refractivity contribution in [3.05, 3.63) is 23.8 Å². The molecule has 88 valence electrons. The molecule has 0 aromatic carbocycles. The smallest absolute Gasteiger partial charge is 0.243 e. The average Bonchev–Trinajstić information content (AvgIpc) is 2.16. The van der Waals surface area contributed by atoms with Gasteiger partial charge in [0.2, 0.25) is 5.91 Å². The van der Waals surface area contributed by atoms with E-state index in [2.05, 4.69) is 15.3 Å². The highest BCUT2D eigenvalue weighted by Gasteiger charge is 2.36. The fraction of sp³-hybridized carbons (Fsp3) is 0.545. The molecule has 0 fully saturated rings. The van der Waals surface area contributed by atoms with E-state index in [1.165, 1.54) is 0 Å². The molecule has 0 saturated heterocycles. The summed E-state index contributed by atoms with van der Waals surface area (Å²) < 4.78 is 0. The van der Waals surface area contributed by atoms with Crippen molar-refractivity contribution < 1.29 is 4.79 Å². The van der Waals surface area contributed by atoms with Crippen LogP contribution in [-0.4, -0.2) is 21.9 Å². The van der Waals surface area contributed by atoms with Crippen LogP contribution in [0.4, 0.5) is 0 Å². The first-order valence-corrected chi connectivity index (χ1v) is 5.23. The molecule has 1 aromatic heterocycles. The molecule has 0 bridgehead atoms. The standard InChI is InChI=1S/C11H18N4O/c1-7(2)15-11(4,10(12)16)9-8(3)13-5-6-14-9/h5-7,15H,1-4H3,(H2,12,16). The zero-order chi connectivity index (χ0) is 12.3. The lowest BCUT2D eigenvalue weighted by Gasteiger charge is -2.29. The Labute approximate surface area is 95.5 Å². The molecule has 1 atom stereocenters. The maximum Gasteiger partial charge on any atom is 0.243 e. The van der Waals surface area contributed by atoms with Crippen LogP contribution in [0.5, 0.6) is 0 Å². The molecule has 1 amide bonds. The minimum absolute atomic E-state index is 0.124. The van der Waals surface area contributed by atoms with Gasteiger partial charge < -0.3 is 5.73 Å². The summed E-state index contributed by atoms with van der Waals surface area (Å²) in [6, 6.07) is 0.124. The molecule has 3 N–H and O–H groups in total. The van der Waals surface area contributed by atoms with E-state index >= 15 is 0 Å². The second-order valence-electron chi connectivity index (χ2n) is 4.28. The predicted molar refractivity (Wildman–Crippen MR) is 61.6 cm³/mol. The maximum absolute atomic E-state index is 11.6. The lowest BCUT2D eigenvalue weighted by Crippen LogP contribution is -2.53. The highest BCUT2D eigenvalue weighted by Crippen LogP contribution is 2.20. The van der Waals surface area contributed by atoms with Crippen LogP contribution >= 0.6 is 0 Å². The van der Waals surface area contributed by atoms with E-state index in [9.17, 15) is 4.79 Å². The lowest BCUT2D eigenvalue weighted by molar-refractivity contribution is -0.124. The van der Waals surface area contributed by atoms with Crippen LogP contribution in [-0.2, 0) is 10.3 Å². The van der Waals surface area contributed by atoms with Crippen LogP contribution in [0.25, 0.3) is 0 Å². The average molecular weight is 222 g/mol. The summed E-state index contributed by atoms with van der Waals surface area (Å²) in [6.45, 7) is 7.44. The molecular formula is C11H18N4O. The zero-order valence-electron chi connectivity index (χ0n) is 10.1. The molecule has 5 nitrogen and oxygen atoms in total. The summed E-state index contributed by atoms with van der Waals surface area (Å²) in [6.07, 6.45) is 3.15. The van der Waals surface area contributed by atoms with E-state index in [4.69, 9.17) is 5.73 Å². The molecule has 1 heterocycles. The summed E-state index contributed by atoms with van der Waals surface area (Å²) >= 11 is 0. The number of hydrogen-bond acceptors (Lipinski definition) is 4. The molecule has 0 aliphatic rings. The van der Waals surface area contributed by atoms with Crippen LogP contribution < -0.4 is 11.1 Å². The Morgan fingerprint density at radius 2 is 2.00 bits per heavy atom. The van der Waals surface area contributed by atoms with Gasteiger partial charge in [0.05, 0.1) is 11.4 Å². The Balaban J connectivity index is 3.22. The first kappa shape index (κ1) is 12.6. The van der Waals surface area contributed by atoms with Gasteiger partial charge >= 0.3 is 0 Å². The largest absolute Gasteiger partial charge is 0.368 e. The Hall–Kier alpha value is -1.49. The fourth-order valence-corrected chi connectivity index (χ4v) is 1.73. The van der Waals surface area contributed by atoms with E-state index in [-0.39, 0.29) is 6.04 Å². The summed E-state index contributed by atoms with van der Waals surface area (Å²) in [5, 5.41) is 3.14. The number of rotatable bonds is 4. The predicted octanol–water partition coefficient (Wildman–Crippen LogP) is 0.484. The third-order valence-electron chi connectivity index (χ3n) is 2.42. The third-order valence-corrected chi connectivity index (χ3v) is 2.42. The molecule has 1 unspecified atom stereocenters. The van der Waals surface area contributed by atoms with Crippen molar-refractivity contribution in [1.82, 2.24) is 15.3 Å². The minimum atomic E-state index is -0.980. The van der Waals surface area contributed by atoms with Crippen LogP contribution in [0, 0.1) is 6.92 Å².